The van der Waals surface area contributed by atoms with Gasteiger partial charge < -0.3 is 5.73 Å². The summed E-state index contributed by atoms with van der Waals surface area (Å²) in [5.41, 5.74) is 6.69. The summed E-state index contributed by atoms with van der Waals surface area (Å²) in [4.78, 5) is 0.150. The third-order valence-corrected chi connectivity index (χ3v) is 4.60. The third kappa shape index (κ3) is 2.66. The van der Waals surface area contributed by atoms with Gasteiger partial charge in [0.15, 0.2) is 0 Å². The van der Waals surface area contributed by atoms with Crippen LogP contribution in [0.15, 0.2) is 23.1 Å². The van der Waals surface area contributed by atoms with E-state index in [0.29, 0.717) is 17.5 Å². The molecule has 8 heteroatoms. The second-order valence-corrected chi connectivity index (χ2v) is 6.17. The first kappa shape index (κ1) is 13.3. The fourth-order valence-corrected chi connectivity index (χ4v) is 3.30. The average molecular weight is 286 g/mol. The molecule has 0 aliphatic heterocycles. The minimum absolute atomic E-state index is 0.150. The molecule has 0 spiro atoms. The first-order valence-corrected chi connectivity index (χ1v) is 7.72. The molecule has 2 rings (SSSR count). The van der Waals surface area contributed by atoms with Gasteiger partial charge in [-0.15, -0.1) is 0 Å². The summed E-state index contributed by atoms with van der Waals surface area (Å²) in [6, 6.07) is 4.71. The monoisotopic (exact) mass is 286 g/mol. The maximum Gasteiger partial charge on any atom is 0.242 e. The van der Waals surface area contributed by atoms with Gasteiger partial charge in [0, 0.05) is 12.6 Å². The summed E-state index contributed by atoms with van der Waals surface area (Å²) < 4.78 is 34.8. The number of nitrogens with one attached hydrogen (secondary N) is 1. The van der Waals surface area contributed by atoms with Crippen molar-refractivity contribution in [2.24, 2.45) is 5.73 Å². The lowest BCUT2D eigenvalue weighted by molar-refractivity contribution is 0.564. The van der Waals surface area contributed by atoms with Crippen molar-refractivity contribution in [3.05, 3.63) is 18.2 Å². The third-order valence-electron chi connectivity index (χ3n) is 2.60. The van der Waals surface area contributed by atoms with Crippen molar-refractivity contribution in [3.63, 3.8) is 0 Å². The van der Waals surface area contributed by atoms with E-state index in [1.165, 1.54) is 6.07 Å². The number of rotatable bonds is 5. The van der Waals surface area contributed by atoms with Crippen LogP contribution >= 0.6 is 11.7 Å². The van der Waals surface area contributed by atoms with E-state index in [4.69, 9.17) is 5.73 Å². The molecule has 0 amide bonds. The van der Waals surface area contributed by atoms with Crippen molar-refractivity contribution in [1.82, 2.24) is 13.5 Å². The maximum absolute atomic E-state index is 12.1. The number of hydrogen-bond donors (Lipinski definition) is 2. The van der Waals surface area contributed by atoms with Crippen LogP contribution in [0.1, 0.15) is 13.3 Å². The predicted octanol–water partition coefficient (Wildman–Crippen LogP) is 0.707. The molecule has 0 radical (unpaired) electrons. The first-order chi connectivity index (χ1) is 8.54. The second-order valence-electron chi connectivity index (χ2n) is 3.91. The smallest absolute Gasteiger partial charge is 0.242 e. The molecular formula is C10H14N4O2S2. The van der Waals surface area contributed by atoms with Crippen LogP contribution in [0.2, 0.25) is 0 Å². The van der Waals surface area contributed by atoms with Gasteiger partial charge >= 0.3 is 0 Å². The first-order valence-electron chi connectivity index (χ1n) is 5.51. The molecule has 1 unspecified atom stereocenters. The van der Waals surface area contributed by atoms with Gasteiger partial charge in [0.05, 0.1) is 11.7 Å². The van der Waals surface area contributed by atoms with Crippen LogP contribution in [0.25, 0.3) is 11.0 Å². The molecule has 6 nitrogen and oxygen atoms in total. The zero-order chi connectivity index (χ0) is 13.2. The Hall–Kier alpha value is -1.09. The SMILES string of the molecule is CCC(N)CNS(=O)(=O)c1cccc2nsnc12. The van der Waals surface area contributed by atoms with E-state index in [2.05, 4.69) is 13.5 Å². The van der Waals surface area contributed by atoms with E-state index in [1.807, 2.05) is 6.92 Å². The normalized spacial score (nSPS) is 13.9. The topological polar surface area (TPSA) is 98.0 Å². The van der Waals surface area contributed by atoms with E-state index in [9.17, 15) is 8.42 Å². The quantitative estimate of drug-likeness (QED) is 0.843. The predicted molar refractivity (Wildman–Crippen MR) is 70.9 cm³/mol. The zero-order valence-electron chi connectivity index (χ0n) is 9.83. The molecule has 0 aliphatic carbocycles. The average Bonchev–Trinajstić information content (AvgIpc) is 2.83. The fraction of sp³-hybridized carbons (Fsp3) is 0.400. The molecule has 3 N–H and O–H groups in total. The summed E-state index contributed by atoms with van der Waals surface area (Å²) in [5.74, 6) is 0. The fourth-order valence-electron chi connectivity index (χ4n) is 1.44. The van der Waals surface area contributed by atoms with Crippen LogP contribution in [0.4, 0.5) is 0 Å². The molecule has 0 fully saturated rings. The molecule has 1 aromatic carbocycles. The lowest BCUT2D eigenvalue weighted by Crippen LogP contribution is -2.36. The molecule has 0 saturated heterocycles. The molecule has 0 saturated carbocycles. The van der Waals surface area contributed by atoms with Crippen molar-refractivity contribution in [2.75, 3.05) is 6.54 Å². The van der Waals surface area contributed by atoms with Gasteiger partial charge in [0.1, 0.15) is 15.9 Å². The number of aromatic nitrogens is 2. The van der Waals surface area contributed by atoms with Crippen LogP contribution in [0.3, 0.4) is 0 Å². The van der Waals surface area contributed by atoms with Gasteiger partial charge in [-0.25, -0.2) is 13.1 Å². The molecule has 18 heavy (non-hydrogen) atoms. The van der Waals surface area contributed by atoms with Crippen LogP contribution in [-0.2, 0) is 10.0 Å². The lowest BCUT2D eigenvalue weighted by atomic mass is 10.2. The number of benzene rings is 1. The maximum atomic E-state index is 12.1. The number of nitrogens with two attached hydrogens (primary N) is 1. The molecule has 1 heterocycles. The summed E-state index contributed by atoms with van der Waals surface area (Å²) in [6.07, 6.45) is 0.713. The van der Waals surface area contributed by atoms with Gasteiger partial charge in [0.25, 0.3) is 0 Å². The van der Waals surface area contributed by atoms with Gasteiger partial charge in [-0.3, -0.25) is 0 Å². The van der Waals surface area contributed by atoms with Crippen LogP contribution in [0.5, 0.6) is 0 Å². The summed E-state index contributed by atoms with van der Waals surface area (Å²) in [5, 5.41) is 0. The molecule has 98 valence electrons. The Balaban J connectivity index is 2.32. The second kappa shape index (κ2) is 5.27. The van der Waals surface area contributed by atoms with E-state index >= 15 is 0 Å². The molecule has 1 aromatic heterocycles. The highest BCUT2D eigenvalue weighted by Crippen LogP contribution is 2.20. The van der Waals surface area contributed by atoms with Gasteiger partial charge in [-0.2, -0.15) is 8.75 Å². The number of fused-ring (bicyclic) bond motifs is 1. The molecule has 0 bridgehead atoms. The highest BCUT2D eigenvalue weighted by molar-refractivity contribution is 7.89. The van der Waals surface area contributed by atoms with Crippen molar-refractivity contribution in [1.29, 1.82) is 0 Å². The molecule has 0 aliphatic rings. The number of hydrogen-bond acceptors (Lipinski definition) is 6. The van der Waals surface area contributed by atoms with Crippen molar-refractivity contribution in [2.45, 2.75) is 24.3 Å². The Morgan fingerprint density at radius 1 is 1.44 bits per heavy atom. The highest BCUT2D eigenvalue weighted by atomic mass is 32.2. The van der Waals surface area contributed by atoms with E-state index < -0.39 is 10.0 Å². The largest absolute Gasteiger partial charge is 0.327 e. The number of sulfonamides is 1. The van der Waals surface area contributed by atoms with Crippen molar-refractivity contribution >= 4 is 32.8 Å². The summed E-state index contributed by atoms with van der Waals surface area (Å²) in [7, 11) is -3.59. The Labute approximate surface area is 110 Å². The van der Waals surface area contributed by atoms with Crippen molar-refractivity contribution in [3.8, 4) is 0 Å². The zero-order valence-corrected chi connectivity index (χ0v) is 11.5. The number of nitrogens with zero attached hydrogens (tertiary/aromatic N) is 2. The standard InChI is InChI=1S/C10H14N4O2S2/c1-2-7(11)6-12-18(15,16)9-5-3-4-8-10(9)14-17-13-8/h3-5,7,12H,2,6,11H2,1H3. The van der Waals surface area contributed by atoms with Crippen LogP contribution in [0, 0.1) is 0 Å². The molecule has 2 aromatic rings. The Morgan fingerprint density at radius 2 is 2.22 bits per heavy atom. The summed E-state index contributed by atoms with van der Waals surface area (Å²) >= 11 is 0.995. The Bertz CT molecular complexity index is 638. The minimum Gasteiger partial charge on any atom is -0.327 e. The minimum atomic E-state index is -3.59. The highest BCUT2D eigenvalue weighted by Gasteiger charge is 2.19. The van der Waals surface area contributed by atoms with Crippen LogP contribution < -0.4 is 10.5 Å². The van der Waals surface area contributed by atoms with E-state index in [-0.39, 0.29) is 17.5 Å². The van der Waals surface area contributed by atoms with Gasteiger partial charge in [-0.05, 0) is 18.6 Å². The van der Waals surface area contributed by atoms with Gasteiger partial charge in [-0.1, -0.05) is 13.0 Å². The summed E-state index contributed by atoms with van der Waals surface area (Å²) in [6.45, 7) is 2.12. The molecule has 1 atom stereocenters. The van der Waals surface area contributed by atoms with E-state index in [1.54, 1.807) is 12.1 Å². The lowest BCUT2D eigenvalue weighted by Gasteiger charge is -2.11. The van der Waals surface area contributed by atoms with Crippen molar-refractivity contribution < 1.29 is 8.42 Å². The van der Waals surface area contributed by atoms with Crippen LogP contribution in [-0.4, -0.2) is 29.8 Å². The van der Waals surface area contributed by atoms with E-state index in [0.717, 1.165) is 11.7 Å². The Kier molecular flexibility index (Phi) is 3.91. The Morgan fingerprint density at radius 3 is 2.94 bits per heavy atom. The molecular weight excluding hydrogens is 272 g/mol. The van der Waals surface area contributed by atoms with Gasteiger partial charge in [0.2, 0.25) is 10.0 Å².